The van der Waals surface area contributed by atoms with Gasteiger partial charge in [0.1, 0.15) is 11.5 Å². The first-order valence-corrected chi connectivity index (χ1v) is 9.25. The van der Waals surface area contributed by atoms with E-state index >= 15 is 0 Å². The van der Waals surface area contributed by atoms with Gasteiger partial charge in [0, 0.05) is 31.7 Å². The van der Waals surface area contributed by atoms with Gasteiger partial charge >= 0.3 is 6.03 Å². The van der Waals surface area contributed by atoms with Crippen LogP contribution in [-0.4, -0.2) is 25.8 Å². The lowest BCUT2D eigenvalue weighted by Gasteiger charge is -2.27. The maximum atomic E-state index is 12.7. The predicted octanol–water partition coefficient (Wildman–Crippen LogP) is 4.18. The highest BCUT2D eigenvalue weighted by Gasteiger charge is 2.22. The third-order valence-electron chi connectivity index (χ3n) is 4.26. The molecule has 2 N–H and O–H groups in total. The minimum Gasteiger partial charge on any atom is -0.331 e. The number of carbonyl (C=O) groups excluding carboxylic acids is 1. The van der Waals surface area contributed by atoms with Crippen LogP contribution >= 0.6 is 0 Å². The van der Waals surface area contributed by atoms with Gasteiger partial charge in [0.2, 0.25) is 0 Å². The Morgan fingerprint density at radius 2 is 1.96 bits per heavy atom. The van der Waals surface area contributed by atoms with Gasteiger partial charge in [-0.15, -0.1) is 0 Å². The standard InChI is InChI=1S/C21H26N6O/c1-21(2,3)13-18(15-8-7-10-22-14-15)24-20(28)25-19-12-17(26-27(19)4)16-9-5-6-11-23-16/h5-12,14,18H,13H2,1-4H3,(H2,24,25,28)/t18-/m1/s1. The van der Waals surface area contributed by atoms with Crippen LogP contribution in [0.4, 0.5) is 10.6 Å². The van der Waals surface area contributed by atoms with E-state index in [4.69, 9.17) is 0 Å². The Morgan fingerprint density at radius 1 is 1.14 bits per heavy atom. The highest BCUT2D eigenvalue weighted by atomic mass is 16.2. The summed E-state index contributed by atoms with van der Waals surface area (Å²) in [4.78, 5) is 21.2. The average Bonchev–Trinajstić information content (AvgIpc) is 3.02. The molecule has 3 aromatic heterocycles. The van der Waals surface area contributed by atoms with Crippen LogP contribution in [0.25, 0.3) is 11.4 Å². The van der Waals surface area contributed by atoms with Crippen molar-refractivity contribution in [2.45, 2.75) is 33.2 Å². The summed E-state index contributed by atoms with van der Waals surface area (Å²) in [6.45, 7) is 6.45. The van der Waals surface area contributed by atoms with Gasteiger partial charge in [-0.3, -0.25) is 20.0 Å². The van der Waals surface area contributed by atoms with Crippen molar-refractivity contribution < 1.29 is 4.79 Å². The van der Waals surface area contributed by atoms with Crippen LogP contribution in [0.15, 0.2) is 55.0 Å². The van der Waals surface area contributed by atoms with Gasteiger partial charge in [0.15, 0.2) is 0 Å². The van der Waals surface area contributed by atoms with Crippen LogP contribution < -0.4 is 10.6 Å². The molecular formula is C21H26N6O. The van der Waals surface area contributed by atoms with Crippen molar-refractivity contribution in [3.8, 4) is 11.4 Å². The number of amides is 2. The third kappa shape index (κ3) is 5.16. The molecule has 0 saturated carbocycles. The number of nitrogens with zero attached hydrogens (tertiary/aromatic N) is 4. The van der Waals surface area contributed by atoms with E-state index in [2.05, 4.69) is 46.5 Å². The lowest BCUT2D eigenvalue weighted by molar-refractivity contribution is 0.241. The van der Waals surface area contributed by atoms with Crippen LogP contribution in [0.3, 0.4) is 0 Å². The molecule has 0 aliphatic rings. The van der Waals surface area contributed by atoms with Crippen LogP contribution in [0.2, 0.25) is 0 Å². The molecule has 1 atom stereocenters. The van der Waals surface area contributed by atoms with E-state index in [1.165, 1.54) is 0 Å². The van der Waals surface area contributed by atoms with Crippen molar-refractivity contribution in [1.29, 1.82) is 0 Å². The Morgan fingerprint density at radius 3 is 2.61 bits per heavy atom. The maximum Gasteiger partial charge on any atom is 0.320 e. The number of rotatable bonds is 5. The van der Waals surface area contributed by atoms with Gasteiger partial charge in [-0.25, -0.2) is 4.79 Å². The molecule has 0 fully saturated rings. The summed E-state index contributed by atoms with van der Waals surface area (Å²) in [5.41, 5.74) is 2.49. The molecular weight excluding hydrogens is 352 g/mol. The van der Waals surface area contributed by atoms with Gasteiger partial charge in [-0.1, -0.05) is 32.9 Å². The van der Waals surface area contributed by atoms with Crippen molar-refractivity contribution in [3.05, 3.63) is 60.6 Å². The van der Waals surface area contributed by atoms with Gasteiger partial charge in [-0.2, -0.15) is 5.10 Å². The van der Waals surface area contributed by atoms with Gasteiger partial charge in [-0.05, 0) is 35.6 Å². The molecule has 0 spiro atoms. The van der Waals surface area contributed by atoms with Crippen molar-refractivity contribution in [1.82, 2.24) is 25.1 Å². The summed E-state index contributed by atoms with van der Waals surface area (Å²) in [6, 6.07) is 10.9. The Balaban J connectivity index is 1.74. The van der Waals surface area contributed by atoms with E-state index in [-0.39, 0.29) is 17.5 Å². The number of urea groups is 1. The van der Waals surface area contributed by atoms with Crippen molar-refractivity contribution in [2.24, 2.45) is 12.5 Å². The van der Waals surface area contributed by atoms with E-state index in [9.17, 15) is 4.79 Å². The topological polar surface area (TPSA) is 84.7 Å². The minimum absolute atomic E-state index is 0.0481. The molecule has 0 unspecified atom stereocenters. The van der Waals surface area contributed by atoms with Crippen LogP contribution in [0.1, 0.15) is 38.8 Å². The zero-order valence-corrected chi connectivity index (χ0v) is 16.7. The lowest BCUT2D eigenvalue weighted by atomic mass is 9.86. The molecule has 146 valence electrons. The fourth-order valence-electron chi connectivity index (χ4n) is 2.98. The number of anilines is 1. The van der Waals surface area contributed by atoms with E-state index in [0.717, 1.165) is 17.7 Å². The second-order valence-electron chi connectivity index (χ2n) is 7.96. The van der Waals surface area contributed by atoms with Crippen LogP contribution in [0, 0.1) is 5.41 Å². The van der Waals surface area contributed by atoms with E-state index in [1.54, 1.807) is 30.3 Å². The Bertz CT molecular complexity index is 915. The summed E-state index contributed by atoms with van der Waals surface area (Å²) < 4.78 is 1.63. The normalized spacial score (nSPS) is 12.4. The van der Waals surface area contributed by atoms with E-state index in [1.807, 2.05) is 36.4 Å². The number of pyridine rings is 2. The number of aromatic nitrogens is 4. The smallest absolute Gasteiger partial charge is 0.320 e. The number of nitrogens with one attached hydrogen (secondary N) is 2. The number of aryl methyl sites for hydroxylation is 1. The van der Waals surface area contributed by atoms with E-state index in [0.29, 0.717) is 11.5 Å². The fourth-order valence-corrected chi connectivity index (χ4v) is 2.98. The fraction of sp³-hybridized carbons (Fsp3) is 0.333. The monoisotopic (exact) mass is 378 g/mol. The first-order valence-electron chi connectivity index (χ1n) is 9.25. The summed E-state index contributed by atoms with van der Waals surface area (Å²) in [7, 11) is 1.79. The largest absolute Gasteiger partial charge is 0.331 e. The Labute approximate surface area is 165 Å². The zero-order valence-electron chi connectivity index (χ0n) is 16.7. The molecule has 7 nitrogen and oxygen atoms in total. The summed E-state index contributed by atoms with van der Waals surface area (Å²) >= 11 is 0. The molecule has 3 rings (SSSR count). The van der Waals surface area contributed by atoms with Crippen molar-refractivity contribution in [2.75, 3.05) is 5.32 Å². The molecule has 2 amide bonds. The lowest BCUT2D eigenvalue weighted by Crippen LogP contribution is -2.35. The number of hydrogen-bond donors (Lipinski definition) is 2. The molecule has 0 aliphatic carbocycles. The van der Waals surface area contributed by atoms with Crippen LogP contribution in [0.5, 0.6) is 0 Å². The molecule has 0 radical (unpaired) electrons. The summed E-state index contributed by atoms with van der Waals surface area (Å²) in [5.74, 6) is 0.596. The highest BCUT2D eigenvalue weighted by Crippen LogP contribution is 2.29. The quantitative estimate of drug-likeness (QED) is 0.698. The number of carbonyl (C=O) groups is 1. The second kappa shape index (κ2) is 8.21. The molecule has 3 heterocycles. The molecule has 0 aliphatic heterocycles. The first kappa shape index (κ1) is 19.5. The second-order valence-corrected chi connectivity index (χ2v) is 7.96. The third-order valence-corrected chi connectivity index (χ3v) is 4.26. The van der Waals surface area contributed by atoms with Gasteiger partial charge in [0.25, 0.3) is 0 Å². The molecule has 7 heteroatoms. The maximum absolute atomic E-state index is 12.7. The van der Waals surface area contributed by atoms with Gasteiger partial charge < -0.3 is 5.32 Å². The van der Waals surface area contributed by atoms with Crippen molar-refractivity contribution in [3.63, 3.8) is 0 Å². The molecule has 0 saturated heterocycles. The average molecular weight is 378 g/mol. The van der Waals surface area contributed by atoms with Crippen LogP contribution in [-0.2, 0) is 7.05 Å². The summed E-state index contributed by atoms with van der Waals surface area (Å²) in [5, 5.41) is 10.4. The zero-order chi connectivity index (χ0) is 20.1. The first-order chi connectivity index (χ1) is 13.3. The molecule has 0 bridgehead atoms. The molecule has 28 heavy (non-hydrogen) atoms. The Kier molecular flexibility index (Phi) is 5.73. The highest BCUT2D eigenvalue weighted by molar-refractivity contribution is 5.89. The summed E-state index contributed by atoms with van der Waals surface area (Å²) in [6.07, 6.45) is 6.03. The SMILES string of the molecule is Cn1nc(-c2ccccn2)cc1NC(=O)N[C@H](CC(C)(C)C)c1cccnc1. The number of hydrogen-bond acceptors (Lipinski definition) is 4. The van der Waals surface area contributed by atoms with Crippen molar-refractivity contribution >= 4 is 11.8 Å². The Hall–Kier alpha value is -3.22. The molecule has 3 aromatic rings. The van der Waals surface area contributed by atoms with Gasteiger partial charge in [0.05, 0.1) is 11.7 Å². The van der Waals surface area contributed by atoms with E-state index < -0.39 is 0 Å². The predicted molar refractivity (Wildman–Crippen MR) is 110 cm³/mol. The minimum atomic E-state index is -0.284. The molecule has 0 aromatic carbocycles.